The standard InChI is InChI=1S/C15H22N2O3/c1-12-7-4-5-8-13(12)11-17(3)15(20)16(2)10-6-9-14(18)19/h4-5,7-8H,6,9-11H2,1-3H3,(H,18,19). The zero-order valence-electron chi connectivity index (χ0n) is 12.3. The van der Waals surface area contributed by atoms with E-state index in [1.807, 2.05) is 31.2 Å². The molecular formula is C15H22N2O3. The van der Waals surface area contributed by atoms with E-state index in [-0.39, 0.29) is 12.5 Å². The van der Waals surface area contributed by atoms with Crippen molar-refractivity contribution in [3.63, 3.8) is 0 Å². The van der Waals surface area contributed by atoms with E-state index in [1.54, 1.807) is 23.9 Å². The average Bonchev–Trinajstić information content (AvgIpc) is 2.39. The highest BCUT2D eigenvalue weighted by molar-refractivity contribution is 5.74. The number of hydrogen-bond acceptors (Lipinski definition) is 2. The second-order valence-electron chi connectivity index (χ2n) is 4.98. The van der Waals surface area contributed by atoms with Crippen LogP contribution in [-0.2, 0) is 11.3 Å². The van der Waals surface area contributed by atoms with Gasteiger partial charge < -0.3 is 14.9 Å². The van der Waals surface area contributed by atoms with Crippen molar-refractivity contribution in [2.45, 2.75) is 26.3 Å². The molecule has 0 aliphatic heterocycles. The quantitative estimate of drug-likeness (QED) is 0.869. The lowest BCUT2D eigenvalue weighted by Crippen LogP contribution is -2.39. The van der Waals surface area contributed by atoms with Crippen molar-refractivity contribution >= 4 is 12.0 Å². The molecule has 0 radical (unpaired) electrons. The summed E-state index contributed by atoms with van der Waals surface area (Å²) in [4.78, 5) is 25.8. The van der Waals surface area contributed by atoms with Crippen molar-refractivity contribution < 1.29 is 14.7 Å². The molecule has 1 rings (SSSR count). The molecule has 0 fully saturated rings. The van der Waals surface area contributed by atoms with Gasteiger partial charge in [-0.05, 0) is 24.5 Å². The summed E-state index contributed by atoms with van der Waals surface area (Å²) in [5.74, 6) is -0.834. The normalized spacial score (nSPS) is 10.2. The number of amides is 2. The van der Waals surface area contributed by atoms with Gasteiger partial charge >= 0.3 is 12.0 Å². The average molecular weight is 278 g/mol. The number of nitrogens with zero attached hydrogens (tertiary/aromatic N) is 2. The Morgan fingerprint density at radius 1 is 1.15 bits per heavy atom. The van der Waals surface area contributed by atoms with Gasteiger partial charge in [0.2, 0.25) is 0 Å². The molecule has 0 saturated heterocycles. The Balaban J connectivity index is 2.50. The Morgan fingerprint density at radius 2 is 1.80 bits per heavy atom. The molecule has 1 N–H and O–H groups in total. The largest absolute Gasteiger partial charge is 0.481 e. The van der Waals surface area contributed by atoms with E-state index in [0.717, 1.165) is 11.1 Å². The third-order valence-corrected chi connectivity index (χ3v) is 3.21. The van der Waals surface area contributed by atoms with Gasteiger partial charge in [0.1, 0.15) is 0 Å². The Morgan fingerprint density at radius 3 is 2.40 bits per heavy atom. The lowest BCUT2D eigenvalue weighted by atomic mass is 10.1. The SMILES string of the molecule is Cc1ccccc1CN(C)C(=O)N(C)CCCC(=O)O. The van der Waals surface area contributed by atoms with Gasteiger partial charge in [0.05, 0.1) is 0 Å². The van der Waals surface area contributed by atoms with Crippen LogP contribution in [0.3, 0.4) is 0 Å². The molecule has 20 heavy (non-hydrogen) atoms. The molecular weight excluding hydrogens is 256 g/mol. The minimum Gasteiger partial charge on any atom is -0.481 e. The number of carbonyl (C=O) groups is 2. The van der Waals surface area contributed by atoms with Gasteiger partial charge in [-0.25, -0.2) is 4.79 Å². The molecule has 1 aromatic carbocycles. The summed E-state index contributed by atoms with van der Waals surface area (Å²) in [6.45, 7) is 3.02. The van der Waals surface area contributed by atoms with Gasteiger partial charge in [-0.15, -0.1) is 0 Å². The van der Waals surface area contributed by atoms with Crippen molar-refractivity contribution in [3.8, 4) is 0 Å². The van der Waals surface area contributed by atoms with Gasteiger partial charge in [0.15, 0.2) is 0 Å². The fourth-order valence-electron chi connectivity index (χ4n) is 1.97. The minimum atomic E-state index is -0.834. The van der Waals surface area contributed by atoms with Crippen LogP contribution < -0.4 is 0 Å². The summed E-state index contributed by atoms with van der Waals surface area (Å²) in [7, 11) is 3.45. The number of carboxylic acids is 1. The first-order valence-corrected chi connectivity index (χ1v) is 6.64. The number of urea groups is 1. The van der Waals surface area contributed by atoms with Crippen LogP contribution in [-0.4, -0.2) is 47.5 Å². The monoisotopic (exact) mass is 278 g/mol. The van der Waals surface area contributed by atoms with Gasteiger partial charge in [-0.1, -0.05) is 24.3 Å². The third kappa shape index (κ3) is 4.91. The minimum absolute atomic E-state index is 0.0825. The highest BCUT2D eigenvalue weighted by Gasteiger charge is 2.15. The van der Waals surface area contributed by atoms with Crippen LogP contribution in [0.4, 0.5) is 4.79 Å². The Bertz CT molecular complexity index is 474. The van der Waals surface area contributed by atoms with Crippen LogP contribution in [0.1, 0.15) is 24.0 Å². The van der Waals surface area contributed by atoms with E-state index in [9.17, 15) is 9.59 Å². The Labute approximate surface area is 119 Å². The molecule has 2 amide bonds. The Hall–Kier alpha value is -2.04. The van der Waals surface area contributed by atoms with Crippen LogP contribution >= 0.6 is 0 Å². The van der Waals surface area contributed by atoms with Gasteiger partial charge in [0, 0.05) is 33.6 Å². The maximum atomic E-state index is 12.1. The fraction of sp³-hybridized carbons (Fsp3) is 0.467. The highest BCUT2D eigenvalue weighted by Crippen LogP contribution is 2.10. The van der Waals surface area contributed by atoms with Crippen LogP contribution in [0.2, 0.25) is 0 Å². The number of benzene rings is 1. The van der Waals surface area contributed by atoms with Crippen molar-refractivity contribution in [2.75, 3.05) is 20.6 Å². The summed E-state index contributed by atoms with van der Waals surface area (Å²) < 4.78 is 0. The molecule has 5 nitrogen and oxygen atoms in total. The number of aryl methyl sites for hydroxylation is 1. The van der Waals surface area contributed by atoms with Crippen LogP contribution in [0, 0.1) is 6.92 Å². The first-order chi connectivity index (χ1) is 9.41. The first kappa shape index (κ1) is 16.0. The number of aliphatic carboxylic acids is 1. The van der Waals surface area contributed by atoms with Crippen molar-refractivity contribution in [3.05, 3.63) is 35.4 Å². The topological polar surface area (TPSA) is 60.9 Å². The number of carbonyl (C=O) groups excluding carboxylic acids is 1. The molecule has 0 heterocycles. The smallest absolute Gasteiger partial charge is 0.319 e. The van der Waals surface area contributed by atoms with Crippen LogP contribution in [0.5, 0.6) is 0 Å². The highest BCUT2D eigenvalue weighted by atomic mass is 16.4. The van der Waals surface area contributed by atoms with E-state index in [1.165, 1.54) is 0 Å². The van der Waals surface area contributed by atoms with Crippen LogP contribution in [0.25, 0.3) is 0 Å². The van der Waals surface area contributed by atoms with Crippen molar-refractivity contribution in [1.29, 1.82) is 0 Å². The van der Waals surface area contributed by atoms with E-state index >= 15 is 0 Å². The van der Waals surface area contributed by atoms with Crippen molar-refractivity contribution in [2.24, 2.45) is 0 Å². The number of carboxylic acid groups (broad SMARTS) is 1. The number of rotatable bonds is 6. The third-order valence-electron chi connectivity index (χ3n) is 3.21. The summed E-state index contributed by atoms with van der Waals surface area (Å²) >= 11 is 0. The molecule has 0 spiro atoms. The number of hydrogen-bond donors (Lipinski definition) is 1. The molecule has 0 aromatic heterocycles. The van der Waals surface area contributed by atoms with E-state index < -0.39 is 5.97 Å². The van der Waals surface area contributed by atoms with Crippen molar-refractivity contribution in [1.82, 2.24) is 9.80 Å². The fourth-order valence-corrected chi connectivity index (χ4v) is 1.97. The van der Waals surface area contributed by atoms with Gasteiger partial charge in [-0.2, -0.15) is 0 Å². The molecule has 1 aromatic rings. The summed E-state index contributed by atoms with van der Waals surface area (Å²) in [5.41, 5.74) is 2.27. The molecule has 0 aliphatic rings. The van der Waals surface area contributed by atoms with E-state index in [4.69, 9.17) is 5.11 Å². The second-order valence-corrected chi connectivity index (χ2v) is 4.98. The zero-order chi connectivity index (χ0) is 15.1. The predicted octanol–water partition coefficient (Wildman–Crippen LogP) is 2.34. The molecule has 5 heteroatoms. The lowest BCUT2D eigenvalue weighted by Gasteiger charge is -2.25. The molecule has 0 saturated carbocycles. The summed E-state index contributed by atoms with van der Waals surface area (Å²) in [6.07, 6.45) is 0.551. The molecule has 0 aliphatic carbocycles. The molecule has 0 bridgehead atoms. The molecule has 0 atom stereocenters. The maximum Gasteiger partial charge on any atom is 0.319 e. The maximum absolute atomic E-state index is 12.1. The first-order valence-electron chi connectivity index (χ1n) is 6.64. The Kier molecular flexibility index (Phi) is 6.03. The second kappa shape index (κ2) is 7.53. The molecule has 110 valence electrons. The lowest BCUT2D eigenvalue weighted by molar-refractivity contribution is -0.137. The zero-order valence-corrected chi connectivity index (χ0v) is 12.3. The summed E-state index contributed by atoms with van der Waals surface area (Å²) in [6, 6.07) is 7.85. The predicted molar refractivity (Wildman–Crippen MR) is 77.5 cm³/mol. The summed E-state index contributed by atoms with van der Waals surface area (Å²) in [5, 5.41) is 8.59. The van der Waals surface area contributed by atoms with Crippen LogP contribution in [0.15, 0.2) is 24.3 Å². The van der Waals surface area contributed by atoms with Gasteiger partial charge in [-0.3, -0.25) is 4.79 Å². The van der Waals surface area contributed by atoms with Gasteiger partial charge in [0.25, 0.3) is 0 Å². The van der Waals surface area contributed by atoms with E-state index in [0.29, 0.717) is 19.5 Å². The van der Waals surface area contributed by atoms with E-state index in [2.05, 4.69) is 0 Å². The molecule has 0 unspecified atom stereocenters.